The van der Waals surface area contributed by atoms with E-state index in [0.29, 0.717) is 18.7 Å². The van der Waals surface area contributed by atoms with Crippen LogP contribution in [0.1, 0.15) is 23.2 Å². The number of hydrogen-bond acceptors (Lipinski definition) is 5. The van der Waals surface area contributed by atoms with Crippen LogP contribution in [0, 0.1) is 5.82 Å². The van der Waals surface area contributed by atoms with Gasteiger partial charge in [-0.05, 0) is 37.6 Å². The van der Waals surface area contributed by atoms with Gasteiger partial charge in [-0.1, -0.05) is 0 Å². The summed E-state index contributed by atoms with van der Waals surface area (Å²) in [4.78, 5) is 11.4. The first-order valence-corrected chi connectivity index (χ1v) is 6.45. The molecule has 1 atom stereocenters. The summed E-state index contributed by atoms with van der Waals surface area (Å²) in [5, 5.41) is 3.04. The lowest BCUT2D eigenvalue weighted by atomic mass is 10.1. The van der Waals surface area contributed by atoms with Crippen molar-refractivity contribution >= 4 is 11.7 Å². The summed E-state index contributed by atoms with van der Waals surface area (Å²) in [6.45, 7) is 0.995. The molecule has 0 radical (unpaired) electrons. The van der Waals surface area contributed by atoms with E-state index >= 15 is 0 Å². The third-order valence-corrected chi connectivity index (χ3v) is 2.87. The van der Waals surface area contributed by atoms with Gasteiger partial charge in [0.1, 0.15) is 5.82 Å². The molecule has 0 spiro atoms. The van der Waals surface area contributed by atoms with Crippen molar-refractivity contribution in [1.29, 1.82) is 0 Å². The van der Waals surface area contributed by atoms with Crippen LogP contribution in [0.3, 0.4) is 0 Å². The van der Waals surface area contributed by atoms with E-state index in [4.69, 9.17) is 10.5 Å². The molecule has 0 saturated heterocycles. The molecule has 112 valence electrons. The Bertz CT molecular complexity index is 440. The van der Waals surface area contributed by atoms with E-state index in [9.17, 15) is 9.18 Å². The molecule has 0 aromatic heterocycles. The zero-order valence-corrected chi connectivity index (χ0v) is 11.8. The van der Waals surface area contributed by atoms with Crippen LogP contribution in [0.15, 0.2) is 18.2 Å². The lowest BCUT2D eigenvalue weighted by Crippen LogP contribution is -2.26. The second kappa shape index (κ2) is 8.50. The molecule has 20 heavy (non-hydrogen) atoms. The van der Waals surface area contributed by atoms with Gasteiger partial charge in [-0.2, -0.15) is 0 Å². The van der Waals surface area contributed by atoms with Gasteiger partial charge in [0.2, 0.25) is 0 Å². The van der Waals surface area contributed by atoms with E-state index in [1.165, 1.54) is 25.3 Å². The summed E-state index contributed by atoms with van der Waals surface area (Å²) in [6.07, 6.45) is 1.56. The molecular formula is C14H21FN2O3. The van der Waals surface area contributed by atoms with Crippen molar-refractivity contribution in [3.05, 3.63) is 29.6 Å². The number of nitrogens with two attached hydrogens (primary N) is 1. The van der Waals surface area contributed by atoms with Gasteiger partial charge in [0.25, 0.3) is 0 Å². The van der Waals surface area contributed by atoms with Crippen LogP contribution in [0.4, 0.5) is 10.1 Å². The number of esters is 1. The molecule has 0 saturated carbocycles. The van der Waals surface area contributed by atoms with Gasteiger partial charge in [-0.3, -0.25) is 0 Å². The van der Waals surface area contributed by atoms with E-state index in [1.807, 2.05) is 0 Å². The van der Waals surface area contributed by atoms with Gasteiger partial charge in [0, 0.05) is 13.2 Å². The Hall–Kier alpha value is -1.66. The molecule has 1 rings (SSSR count). The summed E-state index contributed by atoms with van der Waals surface area (Å²) in [7, 11) is 2.87. The first-order valence-electron chi connectivity index (χ1n) is 6.45. The molecular weight excluding hydrogens is 263 g/mol. The Balaban J connectivity index is 2.84. The average molecular weight is 284 g/mol. The van der Waals surface area contributed by atoms with Crippen molar-refractivity contribution in [2.24, 2.45) is 5.73 Å². The number of carbonyl (C=O) groups is 1. The number of methoxy groups -OCH3 is 2. The minimum atomic E-state index is -0.502. The molecule has 1 aromatic carbocycles. The number of carbonyl (C=O) groups excluding carboxylic acids is 1. The maximum absolute atomic E-state index is 13.8. The molecule has 0 aliphatic carbocycles. The number of halogens is 1. The fraction of sp³-hybridized carbons (Fsp3) is 0.500. The summed E-state index contributed by atoms with van der Waals surface area (Å²) in [5.74, 6) is -0.926. The largest absolute Gasteiger partial charge is 0.465 e. The van der Waals surface area contributed by atoms with Gasteiger partial charge < -0.3 is 20.5 Å². The maximum Gasteiger partial charge on any atom is 0.337 e. The minimum Gasteiger partial charge on any atom is -0.465 e. The first kappa shape index (κ1) is 16.4. The van der Waals surface area contributed by atoms with Gasteiger partial charge >= 0.3 is 5.97 Å². The van der Waals surface area contributed by atoms with Crippen molar-refractivity contribution in [3.63, 3.8) is 0 Å². The van der Waals surface area contributed by atoms with Crippen LogP contribution in [0.25, 0.3) is 0 Å². The van der Waals surface area contributed by atoms with E-state index in [2.05, 4.69) is 10.1 Å². The Morgan fingerprint density at radius 1 is 1.45 bits per heavy atom. The quantitative estimate of drug-likeness (QED) is 0.712. The number of ether oxygens (including phenoxy) is 2. The van der Waals surface area contributed by atoms with Crippen LogP contribution >= 0.6 is 0 Å². The monoisotopic (exact) mass is 284 g/mol. The zero-order chi connectivity index (χ0) is 15.0. The molecule has 0 bridgehead atoms. The van der Waals surface area contributed by atoms with Gasteiger partial charge in [-0.25, -0.2) is 9.18 Å². The standard InChI is InChI=1S/C14H21FN2O3/c1-19-9-11(4-3-7-16)17-13-8-10(14(18)20-2)5-6-12(13)15/h5-6,8,11,17H,3-4,7,9,16H2,1-2H3. The van der Waals surface area contributed by atoms with Crippen LogP contribution in [0.5, 0.6) is 0 Å². The zero-order valence-electron chi connectivity index (χ0n) is 11.8. The Morgan fingerprint density at radius 2 is 2.20 bits per heavy atom. The number of benzene rings is 1. The third kappa shape index (κ3) is 4.79. The molecule has 1 unspecified atom stereocenters. The SMILES string of the molecule is COCC(CCCN)Nc1cc(C(=O)OC)ccc1F. The van der Waals surface area contributed by atoms with E-state index in [-0.39, 0.29) is 11.7 Å². The number of rotatable bonds is 8. The highest BCUT2D eigenvalue weighted by molar-refractivity contribution is 5.90. The number of nitrogens with one attached hydrogen (secondary N) is 1. The minimum absolute atomic E-state index is 0.0639. The lowest BCUT2D eigenvalue weighted by Gasteiger charge is -2.19. The highest BCUT2D eigenvalue weighted by Crippen LogP contribution is 2.19. The first-order chi connectivity index (χ1) is 9.62. The number of anilines is 1. The lowest BCUT2D eigenvalue weighted by molar-refractivity contribution is 0.0600. The van der Waals surface area contributed by atoms with Gasteiger partial charge in [0.15, 0.2) is 0 Å². The average Bonchev–Trinajstić information content (AvgIpc) is 2.46. The second-order valence-electron chi connectivity index (χ2n) is 4.41. The van der Waals surface area contributed by atoms with Crippen molar-refractivity contribution in [2.45, 2.75) is 18.9 Å². The highest BCUT2D eigenvalue weighted by Gasteiger charge is 2.14. The molecule has 1 aromatic rings. The molecule has 0 fully saturated rings. The predicted molar refractivity (Wildman–Crippen MR) is 75.3 cm³/mol. The summed E-state index contributed by atoms with van der Waals surface area (Å²) in [5.41, 5.74) is 6.03. The molecule has 6 heteroatoms. The van der Waals surface area contributed by atoms with Crippen LogP contribution in [-0.4, -0.2) is 39.4 Å². The van der Waals surface area contributed by atoms with Crippen LogP contribution < -0.4 is 11.1 Å². The van der Waals surface area contributed by atoms with Crippen molar-refractivity contribution < 1.29 is 18.7 Å². The molecule has 5 nitrogen and oxygen atoms in total. The highest BCUT2D eigenvalue weighted by atomic mass is 19.1. The molecule has 0 aliphatic rings. The van der Waals surface area contributed by atoms with Crippen molar-refractivity contribution in [3.8, 4) is 0 Å². The fourth-order valence-corrected chi connectivity index (χ4v) is 1.86. The van der Waals surface area contributed by atoms with Crippen LogP contribution in [0.2, 0.25) is 0 Å². The second-order valence-corrected chi connectivity index (χ2v) is 4.41. The van der Waals surface area contributed by atoms with Gasteiger partial charge in [0.05, 0.1) is 25.0 Å². The van der Waals surface area contributed by atoms with E-state index < -0.39 is 11.8 Å². The van der Waals surface area contributed by atoms with E-state index in [0.717, 1.165) is 12.8 Å². The van der Waals surface area contributed by atoms with Crippen molar-refractivity contribution in [2.75, 3.05) is 32.7 Å². The maximum atomic E-state index is 13.8. The molecule has 0 aliphatic heterocycles. The van der Waals surface area contributed by atoms with Crippen molar-refractivity contribution in [1.82, 2.24) is 0 Å². The summed E-state index contributed by atoms with van der Waals surface area (Å²) < 4.78 is 23.5. The van der Waals surface area contributed by atoms with Gasteiger partial charge in [-0.15, -0.1) is 0 Å². The Labute approximate surface area is 118 Å². The number of hydrogen-bond donors (Lipinski definition) is 2. The predicted octanol–water partition coefficient (Wildman–Crippen LogP) is 1.78. The topological polar surface area (TPSA) is 73.6 Å². The summed E-state index contributed by atoms with van der Waals surface area (Å²) >= 11 is 0. The Kier molecular flexibility index (Phi) is 6.97. The molecule has 3 N–H and O–H groups in total. The fourth-order valence-electron chi connectivity index (χ4n) is 1.86. The Morgan fingerprint density at radius 3 is 2.80 bits per heavy atom. The third-order valence-electron chi connectivity index (χ3n) is 2.87. The summed E-state index contributed by atoms with van der Waals surface area (Å²) in [6, 6.07) is 4.00. The smallest absolute Gasteiger partial charge is 0.337 e. The molecule has 0 heterocycles. The normalized spacial score (nSPS) is 12.0. The van der Waals surface area contributed by atoms with E-state index in [1.54, 1.807) is 7.11 Å². The van der Waals surface area contributed by atoms with Crippen LogP contribution in [-0.2, 0) is 9.47 Å². The molecule has 0 amide bonds.